The van der Waals surface area contributed by atoms with Crippen molar-refractivity contribution in [1.82, 2.24) is 4.98 Å². The minimum Gasteiger partial charge on any atom is -0.372 e. The van der Waals surface area contributed by atoms with Crippen molar-refractivity contribution in [2.24, 2.45) is 0 Å². The maximum absolute atomic E-state index is 11.8. The molecule has 0 aliphatic heterocycles. The Bertz CT molecular complexity index is 330. The molecule has 0 unspecified atom stereocenters. The van der Waals surface area contributed by atoms with Crippen LogP contribution in [-0.2, 0) is 17.6 Å². The van der Waals surface area contributed by atoms with Gasteiger partial charge in [-0.3, -0.25) is 0 Å². The first-order valence-corrected chi connectivity index (χ1v) is 6.56. The van der Waals surface area contributed by atoms with Crippen LogP contribution in [0.3, 0.4) is 0 Å². The number of halogens is 4. The lowest BCUT2D eigenvalue weighted by Crippen LogP contribution is -2.17. The fourth-order valence-corrected chi connectivity index (χ4v) is 2.12. The summed E-state index contributed by atoms with van der Waals surface area (Å²) in [7, 11) is 0. The summed E-state index contributed by atoms with van der Waals surface area (Å²) < 4.78 is 39.8. The average Bonchev–Trinajstić information content (AvgIpc) is 2.68. The van der Waals surface area contributed by atoms with Crippen LogP contribution in [0.1, 0.15) is 17.1 Å². The Balaban J connectivity index is 2.21. The number of alkyl halides is 4. The van der Waals surface area contributed by atoms with Crippen molar-refractivity contribution in [2.75, 3.05) is 19.1 Å². The lowest BCUT2D eigenvalue weighted by atomic mass is 10.3. The molecule has 0 amide bonds. The zero-order chi connectivity index (χ0) is 12.7. The first-order valence-electron chi connectivity index (χ1n) is 5.15. The third-order valence-electron chi connectivity index (χ3n) is 1.89. The summed E-state index contributed by atoms with van der Waals surface area (Å²) in [4.78, 5) is 4.28. The summed E-state index contributed by atoms with van der Waals surface area (Å²) >= 11 is 6.99. The van der Waals surface area contributed by atoms with Gasteiger partial charge >= 0.3 is 6.18 Å². The summed E-state index contributed by atoms with van der Waals surface area (Å²) in [5.41, 5.74) is 0.946. The SMILES string of the molecule is FC(F)(F)COCCc1nc(CCCCl)cs1. The molecule has 98 valence electrons. The number of ether oxygens (including phenoxy) is 1. The first-order chi connectivity index (χ1) is 8.01. The van der Waals surface area contributed by atoms with Crippen LogP contribution >= 0.6 is 22.9 Å². The second kappa shape index (κ2) is 7.18. The van der Waals surface area contributed by atoms with E-state index in [0.717, 1.165) is 23.5 Å². The number of aromatic nitrogens is 1. The van der Waals surface area contributed by atoms with Crippen LogP contribution in [-0.4, -0.2) is 30.3 Å². The highest BCUT2D eigenvalue weighted by Gasteiger charge is 2.27. The van der Waals surface area contributed by atoms with E-state index in [9.17, 15) is 13.2 Å². The molecule has 1 aromatic rings. The van der Waals surface area contributed by atoms with E-state index in [1.165, 1.54) is 11.3 Å². The highest BCUT2D eigenvalue weighted by molar-refractivity contribution is 7.09. The van der Waals surface area contributed by atoms with Crippen LogP contribution < -0.4 is 0 Å². The molecule has 7 heteroatoms. The summed E-state index contributed by atoms with van der Waals surface area (Å²) in [6.45, 7) is -1.15. The van der Waals surface area contributed by atoms with Gasteiger partial charge in [-0.2, -0.15) is 13.2 Å². The van der Waals surface area contributed by atoms with Crippen molar-refractivity contribution >= 4 is 22.9 Å². The van der Waals surface area contributed by atoms with Crippen molar-refractivity contribution in [3.05, 3.63) is 16.1 Å². The molecule has 0 fully saturated rings. The van der Waals surface area contributed by atoms with E-state index in [1.54, 1.807) is 0 Å². The largest absolute Gasteiger partial charge is 0.411 e. The normalized spacial score (nSPS) is 12.0. The second-order valence-electron chi connectivity index (χ2n) is 3.44. The number of hydrogen-bond donors (Lipinski definition) is 0. The van der Waals surface area contributed by atoms with Gasteiger partial charge in [0.15, 0.2) is 0 Å². The molecule has 0 saturated heterocycles. The van der Waals surface area contributed by atoms with Gasteiger partial charge in [0.05, 0.1) is 17.3 Å². The lowest BCUT2D eigenvalue weighted by Gasteiger charge is -2.06. The molecule has 0 atom stereocenters. The molecule has 0 saturated carbocycles. The maximum Gasteiger partial charge on any atom is 0.411 e. The quantitative estimate of drug-likeness (QED) is 0.566. The van der Waals surface area contributed by atoms with Crippen molar-refractivity contribution in [3.63, 3.8) is 0 Å². The fourth-order valence-electron chi connectivity index (χ4n) is 1.17. The molecule has 0 radical (unpaired) electrons. The predicted molar refractivity (Wildman–Crippen MR) is 61.7 cm³/mol. The number of thiazole rings is 1. The van der Waals surface area contributed by atoms with Crippen LogP contribution in [0.4, 0.5) is 13.2 Å². The third kappa shape index (κ3) is 6.85. The summed E-state index contributed by atoms with van der Waals surface area (Å²) in [5, 5.41) is 2.71. The van der Waals surface area contributed by atoms with E-state index in [-0.39, 0.29) is 6.61 Å². The first kappa shape index (κ1) is 14.7. The van der Waals surface area contributed by atoms with E-state index in [4.69, 9.17) is 11.6 Å². The molecule has 0 N–H and O–H groups in total. The van der Waals surface area contributed by atoms with Gasteiger partial charge in [-0.1, -0.05) is 0 Å². The molecule has 17 heavy (non-hydrogen) atoms. The molecule has 1 aromatic heterocycles. The van der Waals surface area contributed by atoms with Crippen molar-refractivity contribution in [2.45, 2.75) is 25.4 Å². The van der Waals surface area contributed by atoms with Gasteiger partial charge in [-0.05, 0) is 12.8 Å². The average molecular weight is 288 g/mol. The molecule has 0 aliphatic rings. The number of hydrogen-bond acceptors (Lipinski definition) is 3. The Hall–Kier alpha value is -0.330. The van der Waals surface area contributed by atoms with Gasteiger partial charge < -0.3 is 4.74 Å². The molecule has 1 rings (SSSR count). The van der Waals surface area contributed by atoms with Gasteiger partial charge in [0, 0.05) is 17.7 Å². The van der Waals surface area contributed by atoms with Crippen molar-refractivity contribution < 1.29 is 17.9 Å². The predicted octanol–water partition coefficient (Wildman–Crippen LogP) is 3.44. The fraction of sp³-hybridized carbons (Fsp3) is 0.700. The lowest BCUT2D eigenvalue weighted by molar-refractivity contribution is -0.173. The molecule has 1 heterocycles. The molecular formula is C10H13ClF3NOS. The summed E-state index contributed by atoms with van der Waals surface area (Å²) in [5.74, 6) is 0.585. The minimum absolute atomic E-state index is 0.0436. The van der Waals surface area contributed by atoms with Crippen LogP contribution in [0, 0.1) is 0 Å². The Morgan fingerprint density at radius 2 is 2.12 bits per heavy atom. The Labute approximate surface area is 107 Å². The van der Waals surface area contributed by atoms with Crippen LogP contribution in [0.15, 0.2) is 5.38 Å². The second-order valence-corrected chi connectivity index (χ2v) is 4.76. The monoisotopic (exact) mass is 287 g/mol. The number of nitrogens with zero attached hydrogens (tertiary/aromatic N) is 1. The van der Waals surface area contributed by atoms with Crippen LogP contribution in [0.5, 0.6) is 0 Å². The van der Waals surface area contributed by atoms with Gasteiger partial charge in [0.25, 0.3) is 0 Å². The maximum atomic E-state index is 11.8. The van der Waals surface area contributed by atoms with E-state index >= 15 is 0 Å². The minimum atomic E-state index is -4.26. The van der Waals surface area contributed by atoms with E-state index in [2.05, 4.69) is 9.72 Å². The highest BCUT2D eigenvalue weighted by Crippen LogP contribution is 2.16. The van der Waals surface area contributed by atoms with Gasteiger partial charge in [-0.25, -0.2) is 4.98 Å². The number of aryl methyl sites for hydroxylation is 1. The molecular weight excluding hydrogens is 275 g/mol. The Morgan fingerprint density at radius 3 is 2.76 bits per heavy atom. The molecule has 2 nitrogen and oxygen atoms in total. The zero-order valence-corrected chi connectivity index (χ0v) is 10.7. The Kier molecular flexibility index (Phi) is 6.22. The summed E-state index contributed by atoms with van der Waals surface area (Å²) in [6, 6.07) is 0. The van der Waals surface area contributed by atoms with Gasteiger partial charge in [-0.15, -0.1) is 22.9 Å². The highest BCUT2D eigenvalue weighted by atomic mass is 35.5. The topological polar surface area (TPSA) is 22.1 Å². The van der Waals surface area contributed by atoms with Gasteiger partial charge in [0.1, 0.15) is 6.61 Å². The van der Waals surface area contributed by atoms with Crippen molar-refractivity contribution in [1.29, 1.82) is 0 Å². The standard InChI is InChI=1S/C10H13ClF3NOS/c11-4-1-2-8-6-17-9(15-8)3-5-16-7-10(12,13)14/h6H,1-5,7H2. The molecule has 0 aromatic carbocycles. The molecule has 0 spiro atoms. The van der Waals surface area contributed by atoms with E-state index < -0.39 is 12.8 Å². The van der Waals surface area contributed by atoms with Gasteiger partial charge in [0.2, 0.25) is 0 Å². The zero-order valence-electron chi connectivity index (χ0n) is 9.10. The van der Waals surface area contributed by atoms with Crippen LogP contribution in [0.25, 0.3) is 0 Å². The Morgan fingerprint density at radius 1 is 1.35 bits per heavy atom. The summed E-state index contributed by atoms with van der Waals surface area (Å²) in [6.07, 6.45) is -2.17. The number of rotatable bonds is 7. The van der Waals surface area contributed by atoms with Crippen molar-refractivity contribution in [3.8, 4) is 0 Å². The van der Waals surface area contributed by atoms with E-state index in [1.807, 2.05) is 5.38 Å². The molecule has 0 aliphatic carbocycles. The molecule has 0 bridgehead atoms. The smallest absolute Gasteiger partial charge is 0.372 e. The van der Waals surface area contributed by atoms with E-state index in [0.29, 0.717) is 12.3 Å². The third-order valence-corrected chi connectivity index (χ3v) is 3.12. The van der Waals surface area contributed by atoms with Crippen LogP contribution in [0.2, 0.25) is 0 Å².